The highest BCUT2D eigenvalue weighted by Gasteiger charge is 2.36. The number of aliphatic hydroxyl groups excluding tert-OH is 1. The van der Waals surface area contributed by atoms with Crippen molar-refractivity contribution in [1.29, 1.82) is 0 Å². The molecule has 1 atom stereocenters. The van der Waals surface area contributed by atoms with Gasteiger partial charge in [0.05, 0.1) is 5.69 Å². The molecule has 0 fully saturated rings. The molecule has 0 unspecified atom stereocenters. The van der Waals surface area contributed by atoms with Crippen molar-refractivity contribution in [3.05, 3.63) is 24.3 Å². The standard InChI is InChI=1S/C11H16N2O3S/c1-2-3-8-13-11(14)12-9-6-4-5-7-10(9)17(13,15)16/h4-7,11-12,14H,2-3,8H2,1H3/t11-/m1/s1. The highest BCUT2D eigenvalue weighted by Crippen LogP contribution is 2.30. The fraction of sp³-hybridized carbons (Fsp3) is 0.455. The molecule has 0 radical (unpaired) electrons. The van der Waals surface area contributed by atoms with Gasteiger partial charge in [-0.05, 0) is 18.6 Å². The summed E-state index contributed by atoms with van der Waals surface area (Å²) in [5.74, 6) is 0. The summed E-state index contributed by atoms with van der Waals surface area (Å²) in [6.07, 6.45) is 0.419. The van der Waals surface area contributed by atoms with Crippen LogP contribution in [0.4, 0.5) is 5.69 Å². The summed E-state index contributed by atoms with van der Waals surface area (Å²) in [6.45, 7) is 2.30. The molecule has 5 nitrogen and oxygen atoms in total. The van der Waals surface area contributed by atoms with Crippen molar-refractivity contribution in [3.63, 3.8) is 0 Å². The van der Waals surface area contributed by atoms with Crippen molar-refractivity contribution >= 4 is 15.7 Å². The van der Waals surface area contributed by atoms with Crippen LogP contribution in [0.2, 0.25) is 0 Å². The van der Waals surface area contributed by atoms with Crippen LogP contribution in [0.5, 0.6) is 0 Å². The molecule has 6 heteroatoms. The summed E-state index contributed by atoms with van der Waals surface area (Å²) in [6, 6.07) is 6.60. The summed E-state index contributed by atoms with van der Waals surface area (Å²) in [4.78, 5) is 0.224. The minimum Gasteiger partial charge on any atom is -0.360 e. The molecule has 2 rings (SSSR count). The fourth-order valence-corrected chi connectivity index (χ4v) is 3.43. The number of hydrogen-bond acceptors (Lipinski definition) is 4. The van der Waals surface area contributed by atoms with E-state index in [-0.39, 0.29) is 4.90 Å². The van der Waals surface area contributed by atoms with Crippen LogP contribution in [0.25, 0.3) is 0 Å². The van der Waals surface area contributed by atoms with Gasteiger partial charge >= 0.3 is 0 Å². The second kappa shape index (κ2) is 4.64. The molecule has 0 aromatic heterocycles. The van der Waals surface area contributed by atoms with E-state index in [1.165, 1.54) is 0 Å². The van der Waals surface area contributed by atoms with Gasteiger partial charge in [-0.2, -0.15) is 4.31 Å². The normalized spacial score (nSPS) is 22.8. The molecular formula is C11H16N2O3S. The maximum absolute atomic E-state index is 12.2. The smallest absolute Gasteiger partial charge is 0.248 e. The Morgan fingerprint density at radius 2 is 2.12 bits per heavy atom. The van der Waals surface area contributed by atoms with Crippen LogP contribution in [0.15, 0.2) is 29.2 Å². The molecule has 94 valence electrons. The first-order chi connectivity index (χ1) is 8.07. The van der Waals surface area contributed by atoms with E-state index in [0.29, 0.717) is 12.2 Å². The van der Waals surface area contributed by atoms with Crippen LogP contribution >= 0.6 is 0 Å². The zero-order valence-corrected chi connectivity index (χ0v) is 10.4. The summed E-state index contributed by atoms with van der Waals surface area (Å²) in [7, 11) is -3.58. The Morgan fingerprint density at radius 3 is 2.82 bits per heavy atom. The molecule has 0 amide bonds. The van der Waals surface area contributed by atoms with Crippen molar-refractivity contribution in [2.75, 3.05) is 11.9 Å². The minimum absolute atomic E-state index is 0.224. The van der Waals surface area contributed by atoms with Crippen molar-refractivity contribution in [2.24, 2.45) is 0 Å². The lowest BCUT2D eigenvalue weighted by molar-refractivity contribution is 0.0842. The molecule has 0 saturated carbocycles. The SMILES string of the molecule is CCCCN1[C@H](O)Nc2ccccc2S1(=O)=O. The Morgan fingerprint density at radius 1 is 1.41 bits per heavy atom. The van der Waals surface area contributed by atoms with E-state index in [2.05, 4.69) is 5.32 Å². The third kappa shape index (κ3) is 2.15. The molecule has 1 aliphatic rings. The highest BCUT2D eigenvalue weighted by molar-refractivity contribution is 7.89. The first kappa shape index (κ1) is 12.3. The van der Waals surface area contributed by atoms with Crippen LogP contribution in [-0.4, -0.2) is 30.7 Å². The number of benzene rings is 1. The van der Waals surface area contributed by atoms with E-state index in [0.717, 1.165) is 17.1 Å². The Hall–Kier alpha value is -1.11. The largest absolute Gasteiger partial charge is 0.360 e. The lowest BCUT2D eigenvalue weighted by Gasteiger charge is -2.33. The molecule has 0 saturated heterocycles. The lowest BCUT2D eigenvalue weighted by atomic mass is 10.3. The van der Waals surface area contributed by atoms with E-state index >= 15 is 0 Å². The zero-order valence-electron chi connectivity index (χ0n) is 9.63. The fourth-order valence-electron chi connectivity index (χ4n) is 1.84. The number of anilines is 1. The predicted octanol–water partition coefficient (Wildman–Crippen LogP) is 1.18. The number of nitrogens with one attached hydrogen (secondary N) is 1. The molecule has 1 aromatic rings. The second-order valence-electron chi connectivity index (χ2n) is 3.98. The average Bonchev–Trinajstić information content (AvgIpc) is 2.28. The van der Waals surface area contributed by atoms with Gasteiger partial charge in [0, 0.05) is 6.54 Å². The molecule has 0 aliphatic carbocycles. The van der Waals surface area contributed by atoms with E-state index in [1.807, 2.05) is 6.92 Å². The number of aliphatic hydroxyl groups is 1. The predicted molar refractivity (Wildman–Crippen MR) is 64.9 cm³/mol. The molecule has 17 heavy (non-hydrogen) atoms. The van der Waals surface area contributed by atoms with Crippen molar-refractivity contribution in [1.82, 2.24) is 4.31 Å². The quantitative estimate of drug-likeness (QED) is 0.852. The molecule has 0 spiro atoms. The number of nitrogens with zero attached hydrogens (tertiary/aromatic N) is 1. The summed E-state index contributed by atoms with van der Waals surface area (Å²) < 4.78 is 25.6. The van der Waals surface area contributed by atoms with Gasteiger partial charge in [0.2, 0.25) is 10.0 Å². The average molecular weight is 256 g/mol. The van der Waals surface area contributed by atoms with Crippen LogP contribution in [0.3, 0.4) is 0 Å². The molecule has 1 aromatic carbocycles. The zero-order chi connectivity index (χ0) is 12.5. The Balaban J connectivity index is 2.40. The number of hydrogen-bond donors (Lipinski definition) is 2. The van der Waals surface area contributed by atoms with Crippen LogP contribution in [0, 0.1) is 0 Å². The van der Waals surface area contributed by atoms with Crippen molar-refractivity contribution in [2.45, 2.75) is 31.0 Å². The first-order valence-electron chi connectivity index (χ1n) is 5.63. The molecule has 2 N–H and O–H groups in total. The maximum atomic E-state index is 12.2. The highest BCUT2D eigenvalue weighted by atomic mass is 32.2. The summed E-state index contributed by atoms with van der Waals surface area (Å²) in [5.41, 5.74) is 0.452. The molecule has 0 bridgehead atoms. The topological polar surface area (TPSA) is 69.6 Å². The molecular weight excluding hydrogens is 240 g/mol. The Labute approximate surface area is 101 Å². The molecule has 1 aliphatic heterocycles. The minimum atomic E-state index is -3.58. The number of unbranched alkanes of at least 4 members (excludes halogenated alkanes) is 1. The van der Waals surface area contributed by atoms with Crippen molar-refractivity contribution in [3.8, 4) is 0 Å². The van der Waals surface area contributed by atoms with E-state index < -0.39 is 16.4 Å². The lowest BCUT2D eigenvalue weighted by Crippen LogP contribution is -2.48. The van der Waals surface area contributed by atoms with E-state index in [4.69, 9.17) is 0 Å². The van der Waals surface area contributed by atoms with Gasteiger partial charge in [-0.1, -0.05) is 25.5 Å². The second-order valence-corrected chi connectivity index (χ2v) is 5.84. The van der Waals surface area contributed by atoms with E-state index in [9.17, 15) is 13.5 Å². The van der Waals surface area contributed by atoms with Gasteiger partial charge < -0.3 is 10.4 Å². The van der Waals surface area contributed by atoms with Gasteiger partial charge in [-0.25, -0.2) is 8.42 Å². The number of para-hydroxylation sites is 1. The van der Waals surface area contributed by atoms with Gasteiger partial charge in [-0.15, -0.1) is 0 Å². The number of rotatable bonds is 3. The van der Waals surface area contributed by atoms with Crippen LogP contribution in [-0.2, 0) is 10.0 Å². The van der Waals surface area contributed by atoms with Gasteiger partial charge in [-0.3, -0.25) is 0 Å². The van der Waals surface area contributed by atoms with E-state index in [1.54, 1.807) is 24.3 Å². The van der Waals surface area contributed by atoms with Crippen LogP contribution < -0.4 is 5.32 Å². The number of fused-ring (bicyclic) bond motifs is 1. The monoisotopic (exact) mass is 256 g/mol. The Kier molecular flexibility index (Phi) is 3.37. The van der Waals surface area contributed by atoms with Gasteiger partial charge in [0.15, 0.2) is 6.35 Å². The van der Waals surface area contributed by atoms with Crippen molar-refractivity contribution < 1.29 is 13.5 Å². The summed E-state index contributed by atoms with van der Waals surface area (Å²) >= 11 is 0. The Bertz CT molecular complexity index is 501. The third-order valence-corrected chi connectivity index (χ3v) is 4.67. The summed E-state index contributed by atoms with van der Waals surface area (Å²) in [5, 5.41) is 12.6. The van der Waals surface area contributed by atoms with Gasteiger partial charge in [0.1, 0.15) is 4.90 Å². The number of sulfonamides is 1. The third-order valence-electron chi connectivity index (χ3n) is 2.76. The molecule has 1 heterocycles. The maximum Gasteiger partial charge on any atom is 0.248 e. The first-order valence-corrected chi connectivity index (χ1v) is 7.07. The van der Waals surface area contributed by atoms with Crippen LogP contribution in [0.1, 0.15) is 19.8 Å². The van der Waals surface area contributed by atoms with Gasteiger partial charge in [0.25, 0.3) is 0 Å².